The Morgan fingerprint density at radius 2 is 1.68 bits per heavy atom. The van der Waals surface area contributed by atoms with Crippen LogP contribution >= 0.6 is 0 Å². The van der Waals surface area contributed by atoms with Crippen LogP contribution in [0.4, 0.5) is 30.8 Å². The van der Waals surface area contributed by atoms with Crippen molar-refractivity contribution in [1.82, 2.24) is 10.2 Å². The molecule has 0 radical (unpaired) electrons. The number of aromatic nitrogens is 2. The second kappa shape index (κ2) is 9.07. The summed E-state index contributed by atoms with van der Waals surface area (Å²) in [5.74, 6) is -0.379. The van der Waals surface area contributed by atoms with Gasteiger partial charge in [0.2, 0.25) is 0 Å². The average Bonchev–Trinajstić information content (AvgIpc) is 2.77. The largest absolute Gasteiger partial charge is 0.355 e. The molecule has 2 heterocycles. The Kier molecular flexibility index (Phi) is 6.06. The zero-order valence-corrected chi connectivity index (χ0v) is 17.1. The molecule has 3 aromatic rings. The average molecular weight is 423 g/mol. The van der Waals surface area contributed by atoms with Crippen molar-refractivity contribution >= 4 is 23.2 Å². The number of anilines is 3. The Balaban J connectivity index is 1.41. The monoisotopic (exact) mass is 423 g/mol. The fourth-order valence-corrected chi connectivity index (χ4v) is 3.51. The van der Waals surface area contributed by atoms with Gasteiger partial charge in [0.25, 0.3) is 0 Å². The molecule has 2 N–H and O–H groups in total. The van der Waals surface area contributed by atoms with Gasteiger partial charge in [-0.05, 0) is 55.2 Å². The van der Waals surface area contributed by atoms with Crippen LogP contribution in [-0.2, 0) is 0 Å². The Morgan fingerprint density at radius 1 is 0.935 bits per heavy atom. The van der Waals surface area contributed by atoms with Gasteiger partial charge in [-0.3, -0.25) is 0 Å². The first kappa shape index (κ1) is 20.7. The third-order valence-corrected chi connectivity index (χ3v) is 5.35. The molecule has 1 aromatic heterocycles. The normalized spacial score (nSPS) is 14.4. The maximum atomic E-state index is 13.3. The lowest BCUT2D eigenvalue weighted by Gasteiger charge is -2.30. The third kappa shape index (κ3) is 5.14. The van der Waals surface area contributed by atoms with Crippen molar-refractivity contribution in [2.45, 2.75) is 19.8 Å². The van der Waals surface area contributed by atoms with E-state index in [1.165, 1.54) is 6.07 Å². The molecule has 1 fully saturated rings. The summed E-state index contributed by atoms with van der Waals surface area (Å²) in [6, 6.07) is 13.7. The fraction of sp³-hybridized carbons (Fsp3) is 0.261. The van der Waals surface area contributed by atoms with Crippen molar-refractivity contribution in [1.29, 1.82) is 0 Å². The summed E-state index contributed by atoms with van der Waals surface area (Å²) in [5.41, 5.74) is 2.19. The van der Waals surface area contributed by atoms with Crippen molar-refractivity contribution in [2.75, 3.05) is 28.6 Å². The van der Waals surface area contributed by atoms with E-state index in [1.807, 2.05) is 18.2 Å². The lowest BCUT2D eigenvalue weighted by molar-refractivity contribution is 0.262. The molecule has 1 saturated heterocycles. The van der Waals surface area contributed by atoms with Crippen molar-refractivity contribution in [3.63, 3.8) is 0 Å². The minimum absolute atomic E-state index is 0.154. The van der Waals surface area contributed by atoms with Crippen LogP contribution in [0.3, 0.4) is 0 Å². The quantitative estimate of drug-likeness (QED) is 0.597. The van der Waals surface area contributed by atoms with Gasteiger partial charge in [-0.25, -0.2) is 13.6 Å². The van der Waals surface area contributed by atoms with Crippen LogP contribution in [0.5, 0.6) is 0 Å². The van der Waals surface area contributed by atoms with Crippen LogP contribution in [0, 0.1) is 17.6 Å². The topological polar surface area (TPSA) is 70.2 Å². The summed E-state index contributed by atoms with van der Waals surface area (Å²) in [6.45, 7) is 4.24. The molecule has 1 aliphatic heterocycles. The van der Waals surface area contributed by atoms with E-state index in [-0.39, 0.29) is 5.69 Å². The maximum absolute atomic E-state index is 13.3. The van der Waals surface area contributed by atoms with Gasteiger partial charge in [0.15, 0.2) is 17.5 Å². The van der Waals surface area contributed by atoms with Gasteiger partial charge >= 0.3 is 6.03 Å². The molecule has 4 rings (SSSR count). The molecular formula is C23H23F2N5O. The van der Waals surface area contributed by atoms with Crippen LogP contribution in [0.15, 0.2) is 54.6 Å². The van der Waals surface area contributed by atoms with Crippen LogP contribution in [0.25, 0.3) is 11.3 Å². The van der Waals surface area contributed by atoms with E-state index in [4.69, 9.17) is 0 Å². The lowest BCUT2D eigenvalue weighted by Crippen LogP contribution is -2.33. The minimum Gasteiger partial charge on any atom is -0.355 e. The molecular weight excluding hydrogens is 400 g/mol. The van der Waals surface area contributed by atoms with Crippen molar-refractivity contribution in [3.05, 3.63) is 66.2 Å². The van der Waals surface area contributed by atoms with Gasteiger partial charge in [-0.2, -0.15) is 0 Å². The molecule has 31 heavy (non-hydrogen) atoms. The van der Waals surface area contributed by atoms with Crippen LogP contribution in [0.2, 0.25) is 0 Å². The highest BCUT2D eigenvalue weighted by atomic mass is 19.2. The Hall–Kier alpha value is -3.55. The summed E-state index contributed by atoms with van der Waals surface area (Å²) in [6.07, 6.45) is 2.31. The number of carbonyl (C=O) groups is 1. The zero-order chi connectivity index (χ0) is 21.8. The van der Waals surface area contributed by atoms with E-state index >= 15 is 0 Å². The fourth-order valence-electron chi connectivity index (χ4n) is 3.51. The molecule has 0 atom stereocenters. The molecule has 0 unspecified atom stereocenters. The molecule has 0 aliphatic carbocycles. The van der Waals surface area contributed by atoms with Crippen molar-refractivity contribution < 1.29 is 13.6 Å². The summed E-state index contributed by atoms with van der Waals surface area (Å²) in [5, 5.41) is 13.9. The van der Waals surface area contributed by atoms with E-state index in [9.17, 15) is 13.6 Å². The molecule has 1 aliphatic rings. The summed E-state index contributed by atoms with van der Waals surface area (Å²) < 4.78 is 26.3. The number of nitrogens with zero attached hydrogens (tertiary/aromatic N) is 3. The number of benzene rings is 2. The zero-order valence-electron chi connectivity index (χ0n) is 17.1. The number of carbonyl (C=O) groups excluding carboxylic acids is 1. The number of urea groups is 1. The third-order valence-electron chi connectivity index (χ3n) is 5.35. The highest BCUT2D eigenvalue weighted by molar-refractivity contribution is 6.00. The first-order valence-corrected chi connectivity index (χ1v) is 10.2. The van der Waals surface area contributed by atoms with Gasteiger partial charge in [0.1, 0.15) is 0 Å². The van der Waals surface area contributed by atoms with Crippen LogP contribution < -0.4 is 15.5 Å². The van der Waals surface area contributed by atoms with E-state index in [1.54, 1.807) is 18.2 Å². The Morgan fingerprint density at radius 3 is 2.35 bits per heavy atom. The first-order chi connectivity index (χ1) is 15.0. The second-order valence-corrected chi connectivity index (χ2v) is 7.74. The number of hydrogen-bond acceptors (Lipinski definition) is 4. The smallest absolute Gasteiger partial charge is 0.323 e. The van der Waals surface area contributed by atoms with E-state index in [0.29, 0.717) is 11.4 Å². The molecule has 160 valence electrons. The maximum Gasteiger partial charge on any atom is 0.323 e. The lowest BCUT2D eigenvalue weighted by atomic mass is 9.99. The molecule has 0 bridgehead atoms. The molecule has 0 spiro atoms. The van der Waals surface area contributed by atoms with Crippen molar-refractivity contribution in [3.8, 4) is 11.3 Å². The molecule has 2 amide bonds. The van der Waals surface area contributed by atoms with Crippen LogP contribution in [-0.4, -0.2) is 29.3 Å². The summed E-state index contributed by atoms with van der Waals surface area (Å²) in [7, 11) is 0. The molecule has 8 heteroatoms. The van der Waals surface area contributed by atoms with Crippen molar-refractivity contribution in [2.24, 2.45) is 5.92 Å². The Labute approximate surface area is 179 Å². The van der Waals surface area contributed by atoms with Gasteiger partial charge in [-0.15, -0.1) is 10.2 Å². The standard InChI is InChI=1S/C23H23F2N5O/c1-15-9-11-30(12-10-15)22-8-7-21(28-29-22)16-3-2-4-17(13-16)26-23(31)27-18-5-6-19(24)20(25)14-18/h2-8,13-15H,9-12H2,1H3,(H2,26,27,31). The number of rotatable bonds is 4. The molecule has 0 saturated carbocycles. The predicted molar refractivity (Wildman–Crippen MR) is 117 cm³/mol. The SMILES string of the molecule is CC1CCN(c2ccc(-c3cccc(NC(=O)Nc4ccc(F)c(F)c4)c3)nn2)CC1. The summed E-state index contributed by atoms with van der Waals surface area (Å²) >= 11 is 0. The highest BCUT2D eigenvalue weighted by Gasteiger charge is 2.17. The molecule has 6 nitrogen and oxygen atoms in total. The van der Waals surface area contributed by atoms with Gasteiger partial charge in [0, 0.05) is 36.1 Å². The number of nitrogens with one attached hydrogen (secondary N) is 2. The molecule has 2 aromatic carbocycles. The predicted octanol–water partition coefficient (Wildman–Crippen LogP) is 5.30. The Bertz CT molecular complexity index is 1070. The highest BCUT2D eigenvalue weighted by Crippen LogP contribution is 2.24. The van der Waals surface area contributed by atoms with E-state index < -0.39 is 17.7 Å². The van der Waals surface area contributed by atoms with Crippen LogP contribution in [0.1, 0.15) is 19.8 Å². The summed E-state index contributed by atoms with van der Waals surface area (Å²) in [4.78, 5) is 14.4. The minimum atomic E-state index is -1.03. The first-order valence-electron chi connectivity index (χ1n) is 10.2. The van der Waals surface area contributed by atoms with E-state index in [0.717, 1.165) is 55.4 Å². The van der Waals surface area contributed by atoms with Gasteiger partial charge in [0.05, 0.1) is 5.69 Å². The second-order valence-electron chi connectivity index (χ2n) is 7.74. The number of amides is 2. The number of halogens is 2. The van der Waals surface area contributed by atoms with Gasteiger partial charge < -0.3 is 15.5 Å². The van der Waals surface area contributed by atoms with Gasteiger partial charge in [-0.1, -0.05) is 19.1 Å². The number of piperidine rings is 1. The number of hydrogen-bond donors (Lipinski definition) is 2. The van der Waals surface area contributed by atoms with E-state index in [2.05, 4.69) is 32.7 Å².